The lowest BCUT2D eigenvalue weighted by Gasteiger charge is -2.08. The average Bonchev–Trinajstić information content (AvgIpc) is 2.08. The highest BCUT2D eigenvalue weighted by atomic mass is 79.9. The van der Waals surface area contributed by atoms with Crippen LogP contribution in [0.25, 0.3) is 0 Å². The second kappa shape index (κ2) is 3.76. The van der Waals surface area contributed by atoms with Crippen LogP contribution in [0.15, 0.2) is 35.3 Å². The van der Waals surface area contributed by atoms with E-state index in [0.29, 0.717) is 0 Å². The van der Waals surface area contributed by atoms with Crippen molar-refractivity contribution in [3.8, 4) is 5.75 Å². The minimum absolute atomic E-state index is 0.258. The second-order valence-electron chi connectivity index (χ2n) is 2.53. The summed E-state index contributed by atoms with van der Waals surface area (Å²) in [6, 6.07) is 5.38. The minimum atomic E-state index is 0.258. The second-order valence-corrected chi connectivity index (χ2v) is 3.32. The van der Waals surface area contributed by atoms with E-state index < -0.39 is 0 Å². The highest BCUT2D eigenvalue weighted by Crippen LogP contribution is 2.31. The molecule has 1 radical (unpaired) electrons. The van der Waals surface area contributed by atoms with Crippen LogP contribution in [0.2, 0.25) is 0 Å². The van der Waals surface area contributed by atoms with E-state index in [9.17, 15) is 5.11 Å². The molecule has 1 aromatic carbocycles. The standard InChI is InChI=1S/C10H10BrO/c1-3-7(2)8-5-4-6-9(12)10(8)11/h3-6,12H,1H2,2H3. The zero-order chi connectivity index (χ0) is 9.14. The fourth-order valence-corrected chi connectivity index (χ4v) is 1.51. The Balaban J connectivity index is 3.15. The van der Waals surface area contributed by atoms with Crippen LogP contribution in [0.1, 0.15) is 12.5 Å². The van der Waals surface area contributed by atoms with Crippen LogP contribution in [-0.2, 0) is 0 Å². The summed E-state index contributed by atoms with van der Waals surface area (Å²) in [4.78, 5) is 0. The number of halogens is 1. The van der Waals surface area contributed by atoms with Crippen molar-refractivity contribution in [3.05, 3.63) is 46.8 Å². The lowest BCUT2D eigenvalue weighted by atomic mass is 10.0. The molecular weight excluding hydrogens is 216 g/mol. The third-order valence-corrected chi connectivity index (χ3v) is 2.54. The van der Waals surface area contributed by atoms with Crippen LogP contribution in [0.4, 0.5) is 0 Å². The summed E-state index contributed by atoms with van der Waals surface area (Å²) in [7, 11) is 0. The van der Waals surface area contributed by atoms with Crippen molar-refractivity contribution < 1.29 is 5.11 Å². The molecule has 1 nitrogen and oxygen atoms in total. The zero-order valence-corrected chi connectivity index (χ0v) is 8.43. The number of phenols is 1. The maximum Gasteiger partial charge on any atom is 0.130 e. The molecule has 0 aliphatic rings. The van der Waals surface area contributed by atoms with E-state index in [2.05, 4.69) is 22.5 Å². The van der Waals surface area contributed by atoms with Crippen molar-refractivity contribution in [2.24, 2.45) is 0 Å². The monoisotopic (exact) mass is 225 g/mol. The average molecular weight is 226 g/mol. The van der Waals surface area contributed by atoms with E-state index in [1.54, 1.807) is 12.1 Å². The first-order chi connectivity index (χ1) is 5.66. The lowest BCUT2D eigenvalue weighted by Crippen LogP contribution is -1.90. The summed E-state index contributed by atoms with van der Waals surface area (Å²) >= 11 is 3.30. The quantitative estimate of drug-likeness (QED) is 0.820. The third-order valence-electron chi connectivity index (χ3n) is 1.71. The molecule has 0 unspecified atom stereocenters. The predicted octanol–water partition coefficient (Wildman–Crippen LogP) is 3.28. The SMILES string of the molecule is C=C[C](C)c1cccc(O)c1Br. The zero-order valence-electron chi connectivity index (χ0n) is 6.84. The summed E-state index contributed by atoms with van der Waals surface area (Å²) < 4.78 is 0.724. The molecule has 1 rings (SSSR count). The van der Waals surface area contributed by atoms with Gasteiger partial charge in [0, 0.05) is 5.92 Å². The molecule has 0 fully saturated rings. The fourth-order valence-electron chi connectivity index (χ4n) is 0.934. The van der Waals surface area contributed by atoms with Gasteiger partial charge in [-0.05, 0) is 27.6 Å². The van der Waals surface area contributed by atoms with Gasteiger partial charge in [0.25, 0.3) is 0 Å². The van der Waals surface area contributed by atoms with Gasteiger partial charge in [-0.2, -0.15) is 0 Å². The Kier molecular flexibility index (Phi) is 2.93. The van der Waals surface area contributed by atoms with Gasteiger partial charge in [0.15, 0.2) is 0 Å². The highest BCUT2D eigenvalue weighted by molar-refractivity contribution is 9.10. The minimum Gasteiger partial charge on any atom is -0.507 e. The summed E-state index contributed by atoms with van der Waals surface area (Å²) in [6.07, 6.45) is 1.76. The molecule has 0 spiro atoms. The van der Waals surface area contributed by atoms with E-state index in [4.69, 9.17) is 0 Å². The maximum atomic E-state index is 9.35. The first-order valence-electron chi connectivity index (χ1n) is 3.60. The molecule has 0 aliphatic heterocycles. The van der Waals surface area contributed by atoms with E-state index in [1.807, 2.05) is 19.1 Å². The number of allylic oxidation sites excluding steroid dienone is 1. The van der Waals surface area contributed by atoms with Crippen molar-refractivity contribution in [2.75, 3.05) is 0 Å². The van der Waals surface area contributed by atoms with Gasteiger partial charge >= 0.3 is 0 Å². The van der Waals surface area contributed by atoms with Gasteiger partial charge in [0.1, 0.15) is 5.75 Å². The molecule has 2 heteroatoms. The Bertz CT molecular complexity index is 294. The Labute approximate surface area is 80.9 Å². The van der Waals surface area contributed by atoms with E-state index in [0.717, 1.165) is 16.0 Å². The molecule has 0 atom stereocenters. The Morgan fingerprint density at radius 1 is 1.58 bits per heavy atom. The van der Waals surface area contributed by atoms with Gasteiger partial charge in [-0.25, -0.2) is 0 Å². The topological polar surface area (TPSA) is 20.2 Å². The molecule has 0 saturated carbocycles. The molecule has 0 aromatic heterocycles. The summed E-state index contributed by atoms with van der Waals surface area (Å²) in [5.41, 5.74) is 0.977. The van der Waals surface area contributed by atoms with Crippen LogP contribution >= 0.6 is 15.9 Å². The van der Waals surface area contributed by atoms with Gasteiger partial charge < -0.3 is 5.11 Å². The summed E-state index contributed by atoms with van der Waals surface area (Å²) in [5, 5.41) is 9.35. The molecule has 63 valence electrons. The van der Waals surface area contributed by atoms with Crippen LogP contribution in [-0.4, -0.2) is 5.11 Å². The van der Waals surface area contributed by atoms with Crippen LogP contribution in [0.3, 0.4) is 0 Å². The number of aromatic hydroxyl groups is 1. The number of hydrogen-bond donors (Lipinski definition) is 1. The Hall–Kier alpha value is -0.760. The first-order valence-corrected chi connectivity index (χ1v) is 4.40. The van der Waals surface area contributed by atoms with Gasteiger partial charge in [0.05, 0.1) is 4.47 Å². The molecule has 1 N–H and O–H groups in total. The lowest BCUT2D eigenvalue weighted by molar-refractivity contribution is 0.471. The van der Waals surface area contributed by atoms with Crippen LogP contribution < -0.4 is 0 Å². The molecule has 12 heavy (non-hydrogen) atoms. The van der Waals surface area contributed by atoms with Gasteiger partial charge in [0.2, 0.25) is 0 Å². The normalized spacial score (nSPS) is 10.2. The van der Waals surface area contributed by atoms with E-state index in [1.165, 1.54) is 0 Å². The Morgan fingerprint density at radius 3 is 2.83 bits per heavy atom. The molecule has 0 bridgehead atoms. The first kappa shape index (κ1) is 9.33. The largest absolute Gasteiger partial charge is 0.507 e. The summed E-state index contributed by atoms with van der Waals surface area (Å²) in [6.45, 7) is 5.62. The van der Waals surface area contributed by atoms with Gasteiger partial charge in [-0.1, -0.05) is 25.1 Å². The maximum absolute atomic E-state index is 9.35. The van der Waals surface area contributed by atoms with E-state index >= 15 is 0 Å². The van der Waals surface area contributed by atoms with Crippen LogP contribution in [0, 0.1) is 5.92 Å². The van der Waals surface area contributed by atoms with Crippen LogP contribution in [0.5, 0.6) is 5.75 Å². The molecule has 0 amide bonds. The molecule has 0 heterocycles. The fraction of sp³-hybridized carbons (Fsp3) is 0.100. The Morgan fingerprint density at radius 2 is 2.25 bits per heavy atom. The van der Waals surface area contributed by atoms with Crippen molar-refractivity contribution in [1.29, 1.82) is 0 Å². The predicted molar refractivity (Wildman–Crippen MR) is 54.0 cm³/mol. The molecule has 0 aliphatic carbocycles. The number of phenolic OH excluding ortho intramolecular Hbond substituents is 1. The highest BCUT2D eigenvalue weighted by Gasteiger charge is 2.08. The van der Waals surface area contributed by atoms with Crippen molar-refractivity contribution in [2.45, 2.75) is 6.92 Å². The van der Waals surface area contributed by atoms with Gasteiger partial charge in [-0.3, -0.25) is 0 Å². The van der Waals surface area contributed by atoms with Crippen molar-refractivity contribution >= 4 is 15.9 Å². The van der Waals surface area contributed by atoms with E-state index in [-0.39, 0.29) is 5.75 Å². The van der Waals surface area contributed by atoms with Gasteiger partial charge in [-0.15, -0.1) is 6.58 Å². The molecule has 0 saturated heterocycles. The molecular formula is C10H10BrO. The summed E-state index contributed by atoms with van der Waals surface area (Å²) in [5.74, 6) is 1.30. The van der Waals surface area contributed by atoms with Crippen molar-refractivity contribution in [3.63, 3.8) is 0 Å². The third kappa shape index (κ3) is 1.69. The molecule has 1 aromatic rings. The van der Waals surface area contributed by atoms with Crippen molar-refractivity contribution in [1.82, 2.24) is 0 Å². The number of rotatable bonds is 2. The smallest absolute Gasteiger partial charge is 0.130 e. The number of hydrogen-bond acceptors (Lipinski definition) is 1. The number of benzene rings is 1.